The van der Waals surface area contributed by atoms with Crippen LogP contribution in [0.3, 0.4) is 0 Å². The van der Waals surface area contributed by atoms with E-state index in [1.807, 2.05) is 43.3 Å². The van der Waals surface area contributed by atoms with Crippen LogP contribution in [-0.4, -0.2) is 31.5 Å². The summed E-state index contributed by atoms with van der Waals surface area (Å²) >= 11 is 5.96. The molecule has 140 valence electrons. The summed E-state index contributed by atoms with van der Waals surface area (Å²) in [5.41, 5.74) is 3.36. The van der Waals surface area contributed by atoms with E-state index >= 15 is 0 Å². The molecule has 0 atom stereocenters. The van der Waals surface area contributed by atoms with Gasteiger partial charge in [-0.2, -0.15) is 0 Å². The molecule has 0 saturated carbocycles. The van der Waals surface area contributed by atoms with E-state index in [0.29, 0.717) is 34.5 Å². The van der Waals surface area contributed by atoms with Gasteiger partial charge in [-0.05, 0) is 49.2 Å². The van der Waals surface area contributed by atoms with E-state index in [4.69, 9.17) is 11.6 Å². The van der Waals surface area contributed by atoms with Gasteiger partial charge in [-0.15, -0.1) is 0 Å². The molecule has 27 heavy (non-hydrogen) atoms. The van der Waals surface area contributed by atoms with Crippen LogP contribution < -0.4 is 15.6 Å². The molecule has 6 heteroatoms. The third-order valence-electron chi connectivity index (χ3n) is 4.58. The lowest BCUT2D eigenvalue weighted by Gasteiger charge is -2.13. The zero-order valence-corrected chi connectivity index (χ0v) is 16.4. The van der Waals surface area contributed by atoms with Gasteiger partial charge in [-0.25, -0.2) is 0 Å². The van der Waals surface area contributed by atoms with Crippen molar-refractivity contribution in [2.45, 2.75) is 13.3 Å². The van der Waals surface area contributed by atoms with Gasteiger partial charge >= 0.3 is 0 Å². The molecular weight excluding hydrogens is 362 g/mol. The third kappa shape index (κ3) is 4.14. The van der Waals surface area contributed by atoms with Crippen molar-refractivity contribution in [1.29, 1.82) is 0 Å². The summed E-state index contributed by atoms with van der Waals surface area (Å²) in [6, 6.07) is 13.2. The molecule has 0 aliphatic rings. The predicted molar refractivity (Wildman–Crippen MR) is 111 cm³/mol. The third-order valence-corrected chi connectivity index (χ3v) is 4.82. The quantitative estimate of drug-likeness (QED) is 0.708. The maximum atomic E-state index is 12.5. The van der Waals surface area contributed by atoms with Crippen molar-refractivity contribution in [3.63, 3.8) is 0 Å². The standard InChI is InChI=1S/C21H22ClN3O2/c1-13-19(24-18-9-6-15(22)12-17(18)20(13)26)21(27)23-11-10-14-4-7-16(8-5-14)25(2)3/h4-9,12H,10-11H2,1-3H3,(H,23,27)(H,24,26). The van der Waals surface area contributed by atoms with Gasteiger partial charge in [0.2, 0.25) is 0 Å². The fraction of sp³-hybridized carbons (Fsp3) is 0.238. The monoisotopic (exact) mass is 383 g/mol. The fourth-order valence-corrected chi connectivity index (χ4v) is 3.13. The number of fused-ring (bicyclic) bond motifs is 1. The Morgan fingerprint density at radius 1 is 1.15 bits per heavy atom. The molecule has 0 bridgehead atoms. The second-order valence-electron chi connectivity index (χ2n) is 6.71. The Hall–Kier alpha value is -2.79. The van der Waals surface area contributed by atoms with Crippen molar-refractivity contribution in [3.05, 3.63) is 74.5 Å². The van der Waals surface area contributed by atoms with E-state index in [9.17, 15) is 9.59 Å². The number of rotatable bonds is 5. The molecule has 3 rings (SSSR count). The molecule has 2 N–H and O–H groups in total. The summed E-state index contributed by atoms with van der Waals surface area (Å²) in [5, 5.41) is 3.86. The van der Waals surface area contributed by atoms with Gasteiger partial charge < -0.3 is 15.2 Å². The number of carbonyl (C=O) groups is 1. The van der Waals surface area contributed by atoms with Crippen molar-refractivity contribution in [3.8, 4) is 0 Å². The molecule has 0 aliphatic carbocycles. The van der Waals surface area contributed by atoms with Crippen LogP contribution in [0.15, 0.2) is 47.3 Å². The highest BCUT2D eigenvalue weighted by Gasteiger charge is 2.14. The molecule has 0 fully saturated rings. The normalized spacial score (nSPS) is 10.8. The molecule has 2 aromatic carbocycles. The SMILES string of the molecule is Cc1c(C(=O)NCCc2ccc(N(C)C)cc2)[nH]c2ccc(Cl)cc2c1=O. The molecule has 1 amide bonds. The number of aromatic amines is 1. The predicted octanol–water partition coefficient (Wildman–Crippen LogP) is 3.53. The van der Waals surface area contributed by atoms with Gasteiger partial charge in [0.25, 0.3) is 5.91 Å². The average Bonchev–Trinajstić information content (AvgIpc) is 2.65. The lowest BCUT2D eigenvalue weighted by molar-refractivity contribution is 0.0948. The van der Waals surface area contributed by atoms with E-state index in [0.717, 1.165) is 11.3 Å². The van der Waals surface area contributed by atoms with E-state index in [1.165, 1.54) is 0 Å². The smallest absolute Gasteiger partial charge is 0.268 e. The highest BCUT2D eigenvalue weighted by Crippen LogP contribution is 2.17. The molecule has 0 saturated heterocycles. The van der Waals surface area contributed by atoms with Crippen LogP contribution in [0.1, 0.15) is 21.6 Å². The Labute approximate surface area is 163 Å². The van der Waals surface area contributed by atoms with Crippen molar-refractivity contribution in [1.82, 2.24) is 10.3 Å². The second kappa shape index (κ2) is 7.84. The Balaban J connectivity index is 1.72. The number of anilines is 1. The Kier molecular flexibility index (Phi) is 5.51. The number of aromatic nitrogens is 1. The molecule has 0 spiro atoms. The van der Waals surface area contributed by atoms with Crippen LogP contribution in [-0.2, 0) is 6.42 Å². The van der Waals surface area contributed by atoms with Gasteiger partial charge in [0, 0.05) is 47.8 Å². The summed E-state index contributed by atoms with van der Waals surface area (Å²) in [6.07, 6.45) is 0.714. The number of pyridine rings is 1. The van der Waals surface area contributed by atoms with Crippen LogP contribution in [0.5, 0.6) is 0 Å². The minimum absolute atomic E-state index is 0.185. The first kappa shape index (κ1) is 19.0. The van der Waals surface area contributed by atoms with E-state index in [-0.39, 0.29) is 17.0 Å². The molecule has 1 heterocycles. The van der Waals surface area contributed by atoms with Crippen molar-refractivity contribution < 1.29 is 4.79 Å². The van der Waals surface area contributed by atoms with Gasteiger partial charge in [-0.1, -0.05) is 23.7 Å². The van der Waals surface area contributed by atoms with Crippen molar-refractivity contribution in [2.75, 3.05) is 25.5 Å². The van der Waals surface area contributed by atoms with E-state index in [2.05, 4.69) is 10.3 Å². The number of nitrogens with one attached hydrogen (secondary N) is 2. The first-order chi connectivity index (χ1) is 12.9. The van der Waals surface area contributed by atoms with E-state index < -0.39 is 0 Å². The minimum atomic E-state index is -0.286. The number of H-pyrrole nitrogens is 1. The largest absolute Gasteiger partial charge is 0.378 e. The molecule has 0 radical (unpaired) electrons. The second-order valence-corrected chi connectivity index (χ2v) is 7.15. The van der Waals surface area contributed by atoms with Crippen molar-refractivity contribution >= 4 is 34.1 Å². The zero-order chi connectivity index (χ0) is 19.6. The van der Waals surface area contributed by atoms with Gasteiger partial charge in [-0.3, -0.25) is 9.59 Å². The average molecular weight is 384 g/mol. The van der Waals surface area contributed by atoms with Crippen LogP contribution >= 0.6 is 11.6 Å². The number of carbonyl (C=O) groups excluding carboxylic acids is 1. The maximum absolute atomic E-state index is 12.5. The van der Waals surface area contributed by atoms with Crippen LogP contribution in [0.2, 0.25) is 5.02 Å². The lowest BCUT2D eigenvalue weighted by Crippen LogP contribution is -2.29. The fourth-order valence-electron chi connectivity index (χ4n) is 2.95. The molecule has 0 aliphatic heterocycles. The van der Waals surface area contributed by atoms with Gasteiger partial charge in [0.05, 0.1) is 0 Å². The molecule has 3 aromatic rings. The Morgan fingerprint density at radius 3 is 2.52 bits per heavy atom. The number of nitrogens with zero attached hydrogens (tertiary/aromatic N) is 1. The number of halogens is 1. The van der Waals surface area contributed by atoms with Crippen LogP contribution in [0, 0.1) is 6.92 Å². The van der Waals surface area contributed by atoms with Crippen molar-refractivity contribution in [2.24, 2.45) is 0 Å². The first-order valence-corrected chi connectivity index (χ1v) is 9.11. The maximum Gasteiger partial charge on any atom is 0.268 e. The van der Waals surface area contributed by atoms with Crippen LogP contribution in [0.25, 0.3) is 10.9 Å². The van der Waals surface area contributed by atoms with Crippen LogP contribution in [0.4, 0.5) is 5.69 Å². The Morgan fingerprint density at radius 2 is 1.85 bits per heavy atom. The molecule has 0 unspecified atom stereocenters. The highest BCUT2D eigenvalue weighted by atomic mass is 35.5. The topological polar surface area (TPSA) is 65.2 Å². The van der Waals surface area contributed by atoms with E-state index in [1.54, 1.807) is 25.1 Å². The summed E-state index contributed by atoms with van der Waals surface area (Å²) < 4.78 is 0. The number of benzene rings is 2. The Bertz CT molecular complexity index is 1040. The molecular formula is C21H22ClN3O2. The van der Waals surface area contributed by atoms with Gasteiger partial charge in [0.15, 0.2) is 5.43 Å². The lowest BCUT2D eigenvalue weighted by atomic mass is 10.1. The highest BCUT2D eigenvalue weighted by molar-refractivity contribution is 6.31. The summed E-state index contributed by atoms with van der Waals surface area (Å²) in [6.45, 7) is 2.13. The summed E-state index contributed by atoms with van der Waals surface area (Å²) in [4.78, 5) is 30.2. The minimum Gasteiger partial charge on any atom is -0.378 e. The van der Waals surface area contributed by atoms with Gasteiger partial charge in [0.1, 0.15) is 5.69 Å². The first-order valence-electron chi connectivity index (χ1n) is 8.73. The number of amides is 1. The number of hydrogen-bond acceptors (Lipinski definition) is 3. The summed E-state index contributed by atoms with van der Waals surface area (Å²) in [5.74, 6) is -0.286. The number of hydrogen-bond donors (Lipinski definition) is 2. The molecule has 1 aromatic heterocycles. The molecule has 5 nitrogen and oxygen atoms in total. The summed E-state index contributed by atoms with van der Waals surface area (Å²) in [7, 11) is 3.99. The zero-order valence-electron chi connectivity index (χ0n) is 15.6.